The third-order valence-electron chi connectivity index (χ3n) is 4.33. The van der Waals surface area contributed by atoms with E-state index in [1.54, 1.807) is 12.3 Å². The summed E-state index contributed by atoms with van der Waals surface area (Å²) >= 11 is 0. The zero-order chi connectivity index (χ0) is 18.9. The second kappa shape index (κ2) is 7.05. The van der Waals surface area contributed by atoms with E-state index in [4.69, 9.17) is 9.47 Å². The van der Waals surface area contributed by atoms with Gasteiger partial charge in [0.2, 0.25) is 10.0 Å². The molecule has 27 heavy (non-hydrogen) atoms. The van der Waals surface area contributed by atoms with Crippen LogP contribution >= 0.6 is 0 Å². The molecule has 4 rings (SSSR count). The van der Waals surface area contributed by atoms with Crippen molar-refractivity contribution in [3.63, 3.8) is 0 Å². The molecule has 8 heteroatoms. The summed E-state index contributed by atoms with van der Waals surface area (Å²) in [6.45, 7) is 2.99. The standard InChI is InChI=1S/C19H19N3O4S/c1-14-20-8-9-22(14)16-4-2-15(3-5-16)13-21-27(23,24)17-6-7-18-19(12-17)26-11-10-25-18/h2-9,12,21H,10-11,13H2,1H3. The molecule has 0 saturated carbocycles. The Hall–Kier alpha value is -2.84. The molecule has 0 saturated heterocycles. The van der Waals surface area contributed by atoms with E-state index in [1.165, 1.54) is 12.1 Å². The van der Waals surface area contributed by atoms with E-state index in [1.807, 2.05) is 42.0 Å². The quantitative estimate of drug-likeness (QED) is 0.729. The van der Waals surface area contributed by atoms with Crippen LogP contribution in [0.3, 0.4) is 0 Å². The van der Waals surface area contributed by atoms with Crippen LogP contribution in [0.2, 0.25) is 0 Å². The fraction of sp³-hybridized carbons (Fsp3) is 0.211. The van der Waals surface area contributed by atoms with Crippen molar-refractivity contribution in [1.82, 2.24) is 14.3 Å². The maximum absolute atomic E-state index is 12.6. The lowest BCUT2D eigenvalue weighted by Gasteiger charge is -2.19. The molecule has 3 aromatic rings. The maximum atomic E-state index is 12.6. The van der Waals surface area contributed by atoms with Crippen molar-refractivity contribution in [1.29, 1.82) is 0 Å². The van der Waals surface area contributed by atoms with Crippen molar-refractivity contribution < 1.29 is 17.9 Å². The first kappa shape index (κ1) is 17.6. The highest BCUT2D eigenvalue weighted by atomic mass is 32.2. The van der Waals surface area contributed by atoms with Crippen molar-refractivity contribution in [2.45, 2.75) is 18.4 Å². The largest absolute Gasteiger partial charge is 0.486 e. The van der Waals surface area contributed by atoms with Gasteiger partial charge >= 0.3 is 0 Å². The van der Waals surface area contributed by atoms with Crippen LogP contribution in [-0.2, 0) is 16.6 Å². The first-order chi connectivity index (χ1) is 13.0. The number of aryl methyl sites for hydroxylation is 1. The van der Waals surface area contributed by atoms with E-state index in [2.05, 4.69) is 9.71 Å². The monoisotopic (exact) mass is 385 g/mol. The average Bonchev–Trinajstić information content (AvgIpc) is 3.12. The van der Waals surface area contributed by atoms with Crippen LogP contribution in [0, 0.1) is 6.92 Å². The highest BCUT2D eigenvalue weighted by molar-refractivity contribution is 7.89. The Morgan fingerprint density at radius 3 is 2.52 bits per heavy atom. The van der Waals surface area contributed by atoms with Gasteiger partial charge in [0.15, 0.2) is 11.5 Å². The van der Waals surface area contributed by atoms with Crippen LogP contribution in [0.1, 0.15) is 11.4 Å². The molecule has 0 unspecified atom stereocenters. The molecule has 0 amide bonds. The number of hydrogen-bond acceptors (Lipinski definition) is 5. The molecule has 1 aromatic heterocycles. The first-order valence-corrected chi connectivity index (χ1v) is 10.00. The number of aromatic nitrogens is 2. The summed E-state index contributed by atoms with van der Waals surface area (Å²) in [7, 11) is -3.65. The second-order valence-electron chi connectivity index (χ2n) is 6.14. The van der Waals surface area contributed by atoms with Crippen LogP contribution in [-0.4, -0.2) is 31.2 Å². The normalized spacial score (nSPS) is 13.5. The van der Waals surface area contributed by atoms with Crippen molar-refractivity contribution in [3.05, 3.63) is 66.2 Å². The number of nitrogens with one attached hydrogen (secondary N) is 1. The molecule has 0 bridgehead atoms. The molecule has 1 N–H and O–H groups in total. The SMILES string of the molecule is Cc1nccn1-c1ccc(CNS(=O)(=O)c2ccc3c(c2)OCCO3)cc1. The molecule has 2 heterocycles. The lowest BCUT2D eigenvalue weighted by Crippen LogP contribution is -2.23. The van der Waals surface area contributed by atoms with Crippen molar-refractivity contribution in [2.75, 3.05) is 13.2 Å². The van der Waals surface area contributed by atoms with E-state index in [-0.39, 0.29) is 11.4 Å². The molecule has 0 atom stereocenters. The van der Waals surface area contributed by atoms with Crippen molar-refractivity contribution >= 4 is 10.0 Å². The van der Waals surface area contributed by atoms with Gasteiger partial charge in [-0.2, -0.15) is 0 Å². The number of imidazole rings is 1. The maximum Gasteiger partial charge on any atom is 0.241 e. The number of benzene rings is 2. The van der Waals surface area contributed by atoms with Crippen molar-refractivity contribution in [3.8, 4) is 17.2 Å². The zero-order valence-corrected chi connectivity index (χ0v) is 15.6. The van der Waals surface area contributed by atoms with E-state index in [9.17, 15) is 8.42 Å². The van der Waals surface area contributed by atoms with Gasteiger partial charge in [-0.3, -0.25) is 0 Å². The van der Waals surface area contributed by atoms with Gasteiger partial charge in [0.1, 0.15) is 19.0 Å². The van der Waals surface area contributed by atoms with E-state index >= 15 is 0 Å². The smallest absolute Gasteiger partial charge is 0.241 e. The summed E-state index contributed by atoms with van der Waals surface area (Å²) in [6.07, 6.45) is 3.62. The molecule has 2 aromatic carbocycles. The molecule has 7 nitrogen and oxygen atoms in total. The molecule has 1 aliphatic heterocycles. The number of rotatable bonds is 5. The van der Waals surface area contributed by atoms with Gasteiger partial charge in [0.25, 0.3) is 0 Å². The summed E-state index contributed by atoms with van der Waals surface area (Å²) in [4.78, 5) is 4.35. The minimum atomic E-state index is -3.65. The third kappa shape index (κ3) is 3.67. The molecule has 0 aliphatic carbocycles. The van der Waals surface area contributed by atoms with Gasteiger partial charge in [0.05, 0.1) is 4.90 Å². The van der Waals surface area contributed by atoms with Gasteiger partial charge in [-0.25, -0.2) is 18.1 Å². The van der Waals surface area contributed by atoms with Gasteiger partial charge in [0, 0.05) is 30.7 Å². The summed E-state index contributed by atoms with van der Waals surface area (Å²) in [5.41, 5.74) is 1.83. The number of hydrogen-bond donors (Lipinski definition) is 1. The van der Waals surface area contributed by atoms with Crippen LogP contribution in [0.25, 0.3) is 5.69 Å². The Balaban J connectivity index is 1.47. The number of fused-ring (bicyclic) bond motifs is 1. The highest BCUT2D eigenvalue weighted by Gasteiger charge is 2.19. The molecule has 140 valence electrons. The lowest BCUT2D eigenvalue weighted by molar-refractivity contribution is 0.171. The molecule has 1 aliphatic rings. The molecular weight excluding hydrogens is 366 g/mol. The Labute approximate surface area is 157 Å². The molecule has 0 radical (unpaired) electrons. The van der Waals surface area contributed by atoms with Crippen LogP contribution in [0.5, 0.6) is 11.5 Å². The van der Waals surface area contributed by atoms with E-state index in [0.717, 1.165) is 17.1 Å². The van der Waals surface area contributed by atoms with Crippen LogP contribution < -0.4 is 14.2 Å². The minimum absolute atomic E-state index is 0.150. The summed E-state index contributed by atoms with van der Waals surface area (Å²) in [6, 6.07) is 12.3. The predicted octanol–water partition coefficient (Wildman–Crippen LogP) is 2.43. The number of ether oxygens (including phenoxy) is 2. The number of sulfonamides is 1. The van der Waals surface area contributed by atoms with E-state index in [0.29, 0.717) is 24.7 Å². The summed E-state index contributed by atoms with van der Waals surface area (Å²) in [5, 5.41) is 0. The second-order valence-corrected chi connectivity index (χ2v) is 7.91. The van der Waals surface area contributed by atoms with Crippen LogP contribution in [0.4, 0.5) is 0 Å². The number of nitrogens with zero attached hydrogens (tertiary/aromatic N) is 2. The van der Waals surface area contributed by atoms with Gasteiger partial charge in [-0.05, 0) is 36.8 Å². The predicted molar refractivity (Wildman–Crippen MR) is 99.8 cm³/mol. The molecule has 0 spiro atoms. The Morgan fingerprint density at radius 1 is 1.07 bits per heavy atom. The average molecular weight is 385 g/mol. The van der Waals surface area contributed by atoms with Gasteiger partial charge in [-0.15, -0.1) is 0 Å². The Bertz CT molecular complexity index is 1060. The van der Waals surface area contributed by atoms with Crippen molar-refractivity contribution in [2.24, 2.45) is 0 Å². The van der Waals surface area contributed by atoms with Gasteiger partial charge in [-0.1, -0.05) is 12.1 Å². The zero-order valence-electron chi connectivity index (χ0n) is 14.8. The van der Waals surface area contributed by atoms with Gasteiger partial charge < -0.3 is 14.0 Å². The first-order valence-electron chi connectivity index (χ1n) is 8.51. The fourth-order valence-corrected chi connectivity index (χ4v) is 3.91. The Morgan fingerprint density at radius 2 is 1.81 bits per heavy atom. The topological polar surface area (TPSA) is 82.5 Å². The van der Waals surface area contributed by atoms with Crippen LogP contribution in [0.15, 0.2) is 59.8 Å². The highest BCUT2D eigenvalue weighted by Crippen LogP contribution is 2.32. The fourth-order valence-electron chi connectivity index (χ4n) is 2.88. The molecule has 0 fully saturated rings. The third-order valence-corrected chi connectivity index (χ3v) is 5.73. The summed E-state index contributed by atoms with van der Waals surface area (Å²) < 4.78 is 40.6. The summed E-state index contributed by atoms with van der Waals surface area (Å²) in [5.74, 6) is 1.90. The minimum Gasteiger partial charge on any atom is -0.486 e. The molecular formula is C19H19N3O4S. The van der Waals surface area contributed by atoms with E-state index < -0.39 is 10.0 Å². The lowest BCUT2D eigenvalue weighted by atomic mass is 10.2. The Kier molecular flexibility index (Phi) is 4.59.